The predicted octanol–water partition coefficient (Wildman–Crippen LogP) is 5.27. The molecule has 7 heteroatoms. The van der Waals surface area contributed by atoms with Gasteiger partial charge in [-0.2, -0.15) is 0 Å². The average molecular weight is 522 g/mol. The molecule has 0 bridgehead atoms. The Morgan fingerprint density at radius 3 is 2.16 bits per heavy atom. The van der Waals surface area contributed by atoms with Gasteiger partial charge in [-0.25, -0.2) is 0 Å². The van der Waals surface area contributed by atoms with E-state index in [1.807, 2.05) is 40.1 Å². The molecule has 0 saturated carbocycles. The van der Waals surface area contributed by atoms with Gasteiger partial charge in [0.25, 0.3) is 5.91 Å². The van der Waals surface area contributed by atoms with E-state index in [1.54, 1.807) is 14.0 Å². The van der Waals surface area contributed by atoms with E-state index >= 15 is 0 Å². The van der Waals surface area contributed by atoms with Gasteiger partial charge >= 0.3 is 0 Å². The Kier molecular flexibility index (Phi) is 10.4. The van der Waals surface area contributed by atoms with Crippen LogP contribution in [0.1, 0.15) is 63.9 Å². The van der Waals surface area contributed by atoms with Crippen molar-refractivity contribution in [2.45, 2.75) is 70.9 Å². The summed E-state index contributed by atoms with van der Waals surface area (Å²) in [5.74, 6) is 1.35. The van der Waals surface area contributed by atoms with Crippen molar-refractivity contribution < 1.29 is 19.1 Å². The van der Waals surface area contributed by atoms with Crippen LogP contribution >= 0.6 is 0 Å². The number of ether oxygens (including phenoxy) is 2. The highest BCUT2D eigenvalue weighted by atomic mass is 16.5. The molecule has 0 spiro atoms. The zero-order valence-corrected chi connectivity index (χ0v) is 23.1. The van der Waals surface area contributed by atoms with E-state index in [0.29, 0.717) is 17.5 Å². The molecule has 2 heterocycles. The van der Waals surface area contributed by atoms with Crippen LogP contribution in [-0.4, -0.2) is 67.6 Å². The molecular weight excluding hydrogens is 478 g/mol. The molecule has 2 aromatic rings. The second-order valence-corrected chi connectivity index (χ2v) is 10.4. The van der Waals surface area contributed by atoms with Crippen molar-refractivity contribution in [3.8, 4) is 11.5 Å². The third kappa shape index (κ3) is 7.50. The molecule has 0 N–H and O–H groups in total. The van der Waals surface area contributed by atoms with Gasteiger partial charge in [0.1, 0.15) is 0 Å². The van der Waals surface area contributed by atoms with Crippen LogP contribution < -0.4 is 14.4 Å². The zero-order chi connectivity index (χ0) is 26.7. The Hall–Kier alpha value is -3.06. The van der Waals surface area contributed by atoms with Crippen LogP contribution in [0.25, 0.3) is 0 Å². The number of piperidine rings is 1. The number of hydrogen-bond acceptors (Lipinski definition) is 5. The molecule has 2 aromatic carbocycles. The topological polar surface area (TPSA) is 62.3 Å². The number of likely N-dealkylation sites (tertiary alicyclic amines) is 1. The summed E-state index contributed by atoms with van der Waals surface area (Å²) in [6.07, 6.45) is 9.01. The number of hydrogen-bond donors (Lipinski definition) is 0. The lowest BCUT2D eigenvalue weighted by Gasteiger charge is -2.39. The van der Waals surface area contributed by atoms with E-state index in [4.69, 9.17) is 9.47 Å². The van der Waals surface area contributed by atoms with Crippen LogP contribution in [0.3, 0.4) is 0 Å². The number of carbonyl (C=O) groups excluding carboxylic acids is 2. The molecule has 38 heavy (non-hydrogen) atoms. The maximum atomic E-state index is 12.9. The van der Waals surface area contributed by atoms with E-state index in [0.717, 1.165) is 57.7 Å². The lowest BCUT2D eigenvalue weighted by Crippen LogP contribution is -2.48. The summed E-state index contributed by atoms with van der Waals surface area (Å²) in [6, 6.07) is 16.2. The summed E-state index contributed by atoms with van der Waals surface area (Å²) in [5, 5.41) is 0. The van der Waals surface area contributed by atoms with Crippen LogP contribution in [0.4, 0.5) is 5.69 Å². The monoisotopic (exact) mass is 521 g/mol. The summed E-state index contributed by atoms with van der Waals surface area (Å²) in [4.78, 5) is 32.0. The van der Waals surface area contributed by atoms with E-state index in [9.17, 15) is 9.59 Å². The van der Waals surface area contributed by atoms with Gasteiger partial charge in [-0.15, -0.1) is 0 Å². The van der Waals surface area contributed by atoms with Crippen molar-refractivity contribution in [2.75, 3.05) is 44.8 Å². The lowest BCUT2D eigenvalue weighted by molar-refractivity contribution is -0.135. The molecule has 0 radical (unpaired) electrons. The van der Waals surface area contributed by atoms with E-state index in [2.05, 4.69) is 23.1 Å². The minimum atomic E-state index is 0.0155. The van der Waals surface area contributed by atoms with Crippen molar-refractivity contribution in [2.24, 2.45) is 0 Å². The fourth-order valence-electron chi connectivity index (χ4n) is 5.71. The molecule has 2 aliphatic heterocycles. The molecule has 1 fully saturated rings. The van der Waals surface area contributed by atoms with Crippen LogP contribution in [-0.2, 0) is 16.1 Å². The van der Waals surface area contributed by atoms with Crippen LogP contribution in [0, 0.1) is 0 Å². The average Bonchev–Trinajstić information content (AvgIpc) is 2.96. The molecule has 4 rings (SSSR count). The summed E-state index contributed by atoms with van der Waals surface area (Å²) < 4.78 is 11.1. The van der Waals surface area contributed by atoms with Gasteiger partial charge in [0.2, 0.25) is 5.91 Å². The molecule has 0 aliphatic carbocycles. The summed E-state index contributed by atoms with van der Waals surface area (Å²) in [7, 11) is 1.60. The van der Waals surface area contributed by atoms with Crippen LogP contribution in [0.2, 0.25) is 0 Å². The zero-order valence-electron chi connectivity index (χ0n) is 23.1. The highest BCUT2D eigenvalue weighted by molar-refractivity contribution is 5.92. The minimum Gasteiger partial charge on any atom is -0.493 e. The van der Waals surface area contributed by atoms with Gasteiger partial charge < -0.3 is 19.3 Å². The SMILES string of the molecule is COc1ccccc1OCC(=O)N1CCC(N2CCCCCCCCN(C(C)=O)c3ccccc3C2)CC1. The molecule has 7 nitrogen and oxygen atoms in total. The van der Waals surface area contributed by atoms with Crippen molar-refractivity contribution in [3.05, 3.63) is 54.1 Å². The Morgan fingerprint density at radius 1 is 0.816 bits per heavy atom. The van der Waals surface area contributed by atoms with E-state index < -0.39 is 0 Å². The fourth-order valence-corrected chi connectivity index (χ4v) is 5.71. The van der Waals surface area contributed by atoms with Gasteiger partial charge in [-0.1, -0.05) is 56.0 Å². The molecule has 0 atom stereocenters. The third-order valence-corrected chi connectivity index (χ3v) is 7.87. The Bertz CT molecular complexity index is 1050. The molecule has 1 saturated heterocycles. The number of rotatable bonds is 5. The minimum absolute atomic E-state index is 0.0155. The highest BCUT2D eigenvalue weighted by Gasteiger charge is 2.28. The molecular formula is C31H43N3O4. The van der Waals surface area contributed by atoms with Gasteiger partial charge in [0.05, 0.1) is 7.11 Å². The number of anilines is 1. The summed E-state index contributed by atoms with van der Waals surface area (Å²) >= 11 is 0. The highest BCUT2D eigenvalue weighted by Crippen LogP contribution is 2.28. The van der Waals surface area contributed by atoms with E-state index in [1.165, 1.54) is 37.7 Å². The van der Waals surface area contributed by atoms with Gasteiger partial charge in [-0.05, 0) is 56.0 Å². The Labute approximate surface area is 227 Å². The molecule has 0 unspecified atom stereocenters. The van der Waals surface area contributed by atoms with Crippen molar-refractivity contribution >= 4 is 17.5 Å². The Morgan fingerprint density at radius 2 is 1.45 bits per heavy atom. The second-order valence-electron chi connectivity index (χ2n) is 10.4. The largest absolute Gasteiger partial charge is 0.493 e. The van der Waals surface area contributed by atoms with Crippen molar-refractivity contribution in [1.82, 2.24) is 9.80 Å². The summed E-state index contributed by atoms with van der Waals surface area (Å²) in [5.41, 5.74) is 2.26. The second kappa shape index (κ2) is 14.2. The first-order chi connectivity index (χ1) is 18.6. The quantitative estimate of drug-likeness (QED) is 0.536. The van der Waals surface area contributed by atoms with Crippen molar-refractivity contribution in [1.29, 1.82) is 0 Å². The fraction of sp³-hybridized carbons (Fsp3) is 0.548. The van der Waals surface area contributed by atoms with E-state index in [-0.39, 0.29) is 18.4 Å². The van der Waals surface area contributed by atoms with Gasteiger partial charge in [0, 0.05) is 44.8 Å². The maximum absolute atomic E-state index is 12.9. The number of benzene rings is 2. The maximum Gasteiger partial charge on any atom is 0.260 e. The number of fused-ring (bicyclic) bond motifs is 1. The first-order valence-electron chi connectivity index (χ1n) is 14.2. The number of methoxy groups -OCH3 is 1. The predicted molar refractivity (Wildman–Crippen MR) is 151 cm³/mol. The number of para-hydroxylation sites is 3. The molecule has 2 aliphatic rings. The normalized spacial score (nSPS) is 18.5. The number of carbonyl (C=O) groups is 2. The smallest absolute Gasteiger partial charge is 0.260 e. The molecule has 0 aromatic heterocycles. The standard InChI is InChI=1S/C31H43N3O4/c1-25(35)34-20-12-6-4-3-5-11-19-33(23-26-13-7-8-14-28(26)34)27-17-21-32(22-18-27)31(36)24-38-30-16-10-9-15-29(30)37-2/h7-10,13-16,27H,3-6,11-12,17-24H2,1-2H3. The van der Waals surface area contributed by atoms with Crippen molar-refractivity contribution in [3.63, 3.8) is 0 Å². The third-order valence-electron chi connectivity index (χ3n) is 7.87. The van der Waals surface area contributed by atoms with Gasteiger partial charge in [-0.3, -0.25) is 14.5 Å². The molecule has 2 amide bonds. The lowest BCUT2D eigenvalue weighted by atomic mass is 10.0. The van der Waals surface area contributed by atoms with Gasteiger partial charge in [0.15, 0.2) is 18.1 Å². The number of amides is 2. The number of nitrogens with zero attached hydrogens (tertiary/aromatic N) is 3. The van der Waals surface area contributed by atoms with Crippen LogP contribution in [0.15, 0.2) is 48.5 Å². The first kappa shape index (κ1) is 28.0. The first-order valence-corrected chi connectivity index (χ1v) is 14.2. The summed E-state index contributed by atoms with van der Waals surface area (Å²) in [6.45, 7) is 5.82. The Balaban J connectivity index is 1.40. The molecule has 206 valence electrons. The van der Waals surface area contributed by atoms with Crippen LogP contribution in [0.5, 0.6) is 11.5 Å².